The summed E-state index contributed by atoms with van der Waals surface area (Å²) in [4.78, 5) is 25.3. The zero-order valence-electron chi connectivity index (χ0n) is 14.7. The lowest BCUT2D eigenvalue weighted by Crippen LogP contribution is -2.22. The molecule has 1 amide bonds. The summed E-state index contributed by atoms with van der Waals surface area (Å²) >= 11 is 1.42. The summed E-state index contributed by atoms with van der Waals surface area (Å²) in [6.45, 7) is 2.08. The van der Waals surface area contributed by atoms with Gasteiger partial charge in [-0.3, -0.25) is 9.59 Å². The van der Waals surface area contributed by atoms with Gasteiger partial charge in [-0.05, 0) is 18.4 Å². The first-order valence-electron chi connectivity index (χ1n) is 8.31. The number of ketones is 1. The number of amides is 1. The van der Waals surface area contributed by atoms with Crippen molar-refractivity contribution >= 4 is 23.5 Å². The summed E-state index contributed by atoms with van der Waals surface area (Å²) in [6.07, 6.45) is 2.36. The van der Waals surface area contributed by atoms with E-state index in [1.165, 1.54) is 31.5 Å². The fourth-order valence-electron chi connectivity index (χ4n) is 2.54. The van der Waals surface area contributed by atoms with Crippen LogP contribution in [0.15, 0.2) is 29.4 Å². The van der Waals surface area contributed by atoms with Gasteiger partial charge in [0.15, 0.2) is 10.9 Å². The number of hydrogen-bond acceptors (Lipinski definition) is 5. The number of carbonyl (C=O) groups excluding carboxylic acids is 2. The molecule has 0 saturated heterocycles. The fraction of sp³-hybridized carbons (Fsp3) is 0.444. The molecule has 1 aliphatic carbocycles. The van der Waals surface area contributed by atoms with E-state index >= 15 is 0 Å². The second kappa shape index (κ2) is 7.39. The first-order chi connectivity index (χ1) is 12.0. The molecule has 1 aromatic carbocycles. The molecule has 1 saturated carbocycles. The van der Waals surface area contributed by atoms with Gasteiger partial charge in [-0.15, -0.1) is 10.2 Å². The van der Waals surface area contributed by atoms with Gasteiger partial charge >= 0.3 is 0 Å². The van der Waals surface area contributed by atoms with Crippen molar-refractivity contribution in [1.82, 2.24) is 19.7 Å². The van der Waals surface area contributed by atoms with Crippen molar-refractivity contribution in [2.45, 2.75) is 37.4 Å². The van der Waals surface area contributed by atoms with Crippen LogP contribution in [0.3, 0.4) is 0 Å². The number of nitrogens with zero attached hydrogens (tertiary/aromatic N) is 4. The molecule has 132 valence electrons. The molecule has 0 spiro atoms. The van der Waals surface area contributed by atoms with Crippen LogP contribution < -0.4 is 0 Å². The quantitative estimate of drug-likeness (QED) is 0.562. The average molecular weight is 358 g/mol. The molecule has 0 atom stereocenters. The minimum Gasteiger partial charge on any atom is -0.342 e. The van der Waals surface area contributed by atoms with Gasteiger partial charge in [0.25, 0.3) is 0 Å². The van der Waals surface area contributed by atoms with Gasteiger partial charge in [0.05, 0.1) is 5.75 Å². The van der Waals surface area contributed by atoms with Gasteiger partial charge in [0, 0.05) is 39.0 Å². The van der Waals surface area contributed by atoms with Crippen molar-refractivity contribution in [2.75, 3.05) is 12.8 Å². The van der Waals surface area contributed by atoms with Crippen LogP contribution in [-0.4, -0.2) is 44.2 Å². The molecule has 3 rings (SSSR count). The standard InChI is InChI=1S/C18H22N4O2S/c1-12(23)21(2)10-13-4-6-14(7-5-13)16(24)11-25-18-20-19-17(22(18)3)15-8-9-15/h4-7,15H,8-11H2,1-3H3. The van der Waals surface area contributed by atoms with Crippen LogP contribution in [0.5, 0.6) is 0 Å². The van der Waals surface area contributed by atoms with Crippen molar-refractivity contribution in [3.63, 3.8) is 0 Å². The van der Waals surface area contributed by atoms with Gasteiger partial charge in [-0.25, -0.2) is 0 Å². The Hall–Kier alpha value is -2.15. The topological polar surface area (TPSA) is 68.1 Å². The number of hydrogen-bond donors (Lipinski definition) is 0. The molecule has 1 aromatic heterocycles. The number of aromatic nitrogens is 3. The molecule has 1 aliphatic rings. The fourth-order valence-corrected chi connectivity index (χ4v) is 3.36. The highest BCUT2D eigenvalue weighted by molar-refractivity contribution is 7.99. The summed E-state index contributed by atoms with van der Waals surface area (Å²) in [5.74, 6) is 1.99. The van der Waals surface area contributed by atoms with Gasteiger partial charge in [-0.1, -0.05) is 36.0 Å². The predicted molar refractivity (Wildman–Crippen MR) is 96.6 cm³/mol. The van der Waals surface area contributed by atoms with Gasteiger partial charge < -0.3 is 9.47 Å². The van der Waals surface area contributed by atoms with E-state index in [1.807, 2.05) is 35.9 Å². The van der Waals surface area contributed by atoms with Crippen LogP contribution in [0.25, 0.3) is 0 Å². The summed E-state index contributed by atoms with van der Waals surface area (Å²) in [5.41, 5.74) is 1.68. The third-order valence-corrected chi connectivity index (χ3v) is 5.40. The Balaban J connectivity index is 1.57. The Morgan fingerprint density at radius 1 is 1.24 bits per heavy atom. The SMILES string of the molecule is CC(=O)N(C)Cc1ccc(C(=O)CSc2nnc(C3CC3)n2C)cc1. The van der Waals surface area contributed by atoms with E-state index in [9.17, 15) is 9.59 Å². The third kappa shape index (κ3) is 4.28. The van der Waals surface area contributed by atoms with Crippen molar-refractivity contribution in [1.29, 1.82) is 0 Å². The Morgan fingerprint density at radius 3 is 2.52 bits per heavy atom. The Labute approximate surface area is 151 Å². The molecular weight excluding hydrogens is 336 g/mol. The molecule has 0 aliphatic heterocycles. The van der Waals surface area contributed by atoms with Crippen LogP contribution in [0.4, 0.5) is 0 Å². The zero-order chi connectivity index (χ0) is 18.0. The number of thioether (sulfide) groups is 1. The molecule has 25 heavy (non-hydrogen) atoms. The summed E-state index contributed by atoms with van der Waals surface area (Å²) < 4.78 is 2.00. The van der Waals surface area contributed by atoms with Crippen molar-refractivity contribution in [2.24, 2.45) is 7.05 Å². The summed E-state index contributed by atoms with van der Waals surface area (Å²) in [7, 11) is 3.72. The van der Waals surface area contributed by atoms with Crippen molar-refractivity contribution < 1.29 is 9.59 Å². The van der Waals surface area contributed by atoms with Crippen LogP contribution in [-0.2, 0) is 18.4 Å². The second-order valence-corrected chi connectivity index (χ2v) is 7.40. The number of rotatable bonds is 7. The molecule has 0 N–H and O–H groups in total. The van der Waals surface area contributed by atoms with Crippen LogP contribution in [0, 0.1) is 0 Å². The molecule has 6 nitrogen and oxygen atoms in total. The third-order valence-electron chi connectivity index (χ3n) is 4.38. The molecular formula is C18H22N4O2S. The van der Waals surface area contributed by atoms with E-state index in [2.05, 4.69) is 10.2 Å². The largest absolute Gasteiger partial charge is 0.342 e. The molecule has 7 heteroatoms. The first-order valence-corrected chi connectivity index (χ1v) is 9.30. The molecule has 0 bridgehead atoms. The highest BCUT2D eigenvalue weighted by Crippen LogP contribution is 2.39. The van der Waals surface area contributed by atoms with E-state index in [-0.39, 0.29) is 11.7 Å². The average Bonchev–Trinajstić information content (AvgIpc) is 3.37. The molecule has 0 unspecified atom stereocenters. The van der Waals surface area contributed by atoms with Crippen molar-refractivity contribution in [3.8, 4) is 0 Å². The van der Waals surface area contributed by atoms with E-state index in [4.69, 9.17) is 0 Å². The summed E-state index contributed by atoms with van der Waals surface area (Å²) in [6, 6.07) is 7.42. The van der Waals surface area contributed by atoms with Crippen LogP contribution >= 0.6 is 11.8 Å². The van der Waals surface area contributed by atoms with E-state index in [0.29, 0.717) is 23.8 Å². The Morgan fingerprint density at radius 2 is 1.92 bits per heavy atom. The first kappa shape index (κ1) is 17.7. The smallest absolute Gasteiger partial charge is 0.219 e. The lowest BCUT2D eigenvalue weighted by molar-refractivity contribution is -0.128. The highest BCUT2D eigenvalue weighted by atomic mass is 32.2. The molecule has 0 radical (unpaired) electrons. The second-order valence-electron chi connectivity index (χ2n) is 6.46. The predicted octanol–water partition coefficient (Wildman–Crippen LogP) is 2.65. The normalized spacial score (nSPS) is 13.7. The minimum atomic E-state index is 0.0193. The molecule has 2 aromatic rings. The van der Waals surface area contributed by atoms with E-state index < -0.39 is 0 Å². The van der Waals surface area contributed by atoms with Gasteiger partial charge in [-0.2, -0.15) is 0 Å². The number of Topliss-reactive ketones (excluding diaryl/α,β-unsaturated/α-hetero) is 1. The lowest BCUT2D eigenvalue weighted by atomic mass is 10.1. The molecule has 1 fully saturated rings. The minimum absolute atomic E-state index is 0.0193. The van der Waals surface area contributed by atoms with E-state index in [0.717, 1.165) is 16.5 Å². The number of benzene rings is 1. The lowest BCUT2D eigenvalue weighted by Gasteiger charge is -2.14. The van der Waals surface area contributed by atoms with Gasteiger partial charge in [0.2, 0.25) is 5.91 Å². The highest BCUT2D eigenvalue weighted by Gasteiger charge is 2.29. The monoisotopic (exact) mass is 358 g/mol. The maximum atomic E-state index is 12.4. The Bertz CT molecular complexity index is 781. The van der Waals surface area contributed by atoms with Crippen molar-refractivity contribution in [3.05, 3.63) is 41.2 Å². The summed E-state index contributed by atoms with van der Waals surface area (Å²) in [5, 5.41) is 9.21. The van der Waals surface area contributed by atoms with Crippen LogP contribution in [0.1, 0.15) is 47.4 Å². The maximum Gasteiger partial charge on any atom is 0.219 e. The maximum absolute atomic E-state index is 12.4. The van der Waals surface area contributed by atoms with Crippen LogP contribution in [0.2, 0.25) is 0 Å². The van der Waals surface area contributed by atoms with Gasteiger partial charge in [0.1, 0.15) is 5.82 Å². The van der Waals surface area contributed by atoms with E-state index in [1.54, 1.807) is 11.9 Å². The molecule has 1 heterocycles. The Kier molecular flexibility index (Phi) is 5.22. The zero-order valence-corrected chi connectivity index (χ0v) is 15.5. The number of carbonyl (C=O) groups is 2.